The van der Waals surface area contributed by atoms with Gasteiger partial charge in [-0.3, -0.25) is 0 Å². The number of urea groups is 1. The van der Waals surface area contributed by atoms with Crippen LogP contribution in [0.15, 0.2) is 0 Å². The number of aliphatic hydroxyl groups excluding tert-OH is 1. The summed E-state index contributed by atoms with van der Waals surface area (Å²) < 4.78 is 0. The van der Waals surface area contributed by atoms with Gasteiger partial charge in [-0.1, -0.05) is 20.8 Å². The second-order valence-corrected chi connectivity index (χ2v) is 4.65. The summed E-state index contributed by atoms with van der Waals surface area (Å²) in [5.41, 5.74) is 0.104. The van der Waals surface area contributed by atoms with Crippen LogP contribution < -0.4 is 10.6 Å². The van der Waals surface area contributed by atoms with E-state index >= 15 is 0 Å². The first kappa shape index (κ1) is 13.2. The zero-order chi connectivity index (χ0) is 11.2. The smallest absolute Gasteiger partial charge is 0.315 e. The minimum Gasteiger partial charge on any atom is -0.394 e. The van der Waals surface area contributed by atoms with Crippen LogP contribution in [0.1, 0.15) is 34.1 Å². The maximum atomic E-state index is 11.2. The van der Waals surface area contributed by atoms with Crippen LogP contribution in [0, 0.1) is 5.41 Å². The summed E-state index contributed by atoms with van der Waals surface area (Å²) >= 11 is 0. The SMILES string of the molecule is CCNC(=O)NC(CO)CC(C)(C)C. The first-order valence-corrected chi connectivity index (χ1v) is 5.04. The Labute approximate surface area is 86.1 Å². The second kappa shape index (κ2) is 5.86. The molecule has 4 heteroatoms. The molecule has 0 bridgehead atoms. The van der Waals surface area contributed by atoms with Crippen LogP contribution in [0.25, 0.3) is 0 Å². The first-order valence-electron chi connectivity index (χ1n) is 5.04. The van der Waals surface area contributed by atoms with E-state index in [-0.39, 0.29) is 24.1 Å². The predicted octanol–water partition coefficient (Wildman–Crippen LogP) is 1.10. The van der Waals surface area contributed by atoms with Gasteiger partial charge in [-0.25, -0.2) is 4.79 Å². The molecule has 0 aliphatic rings. The van der Waals surface area contributed by atoms with Crippen LogP contribution in [-0.4, -0.2) is 30.3 Å². The molecule has 0 radical (unpaired) electrons. The van der Waals surface area contributed by atoms with E-state index in [1.165, 1.54) is 0 Å². The molecule has 4 nitrogen and oxygen atoms in total. The number of hydrogen-bond acceptors (Lipinski definition) is 2. The largest absolute Gasteiger partial charge is 0.394 e. The van der Waals surface area contributed by atoms with E-state index in [9.17, 15) is 4.79 Å². The molecule has 0 saturated carbocycles. The van der Waals surface area contributed by atoms with Crippen LogP contribution in [0.4, 0.5) is 4.79 Å². The lowest BCUT2D eigenvalue weighted by atomic mass is 9.88. The Morgan fingerprint density at radius 3 is 2.36 bits per heavy atom. The molecule has 0 aromatic carbocycles. The molecule has 0 aromatic heterocycles. The fourth-order valence-corrected chi connectivity index (χ4v) is 1.30. The van der Waals surface area contributed by atoms with Gasteiger partial charge in [0.15, 0.2) is 0 Å². The normalized spacial score (nSPS) is 13.5. The molecule has 14 heavy (non-hydrogen) atoms. The molecule has 1 unspecified atom stereocenters. The van der Waals surface area contributed by atoms with Gasteiger partial charge in [0.2, 0.25) is 0 Å². The summed E-state index contributed by atoms with van der Waals surface area (Å²) in [7, 11) is 0. The van der Waals surface area contributed by atoms with E-state index < -0.39 is 0 Å². The Balaban J connectivity index is 3.97. The quantitative estimate of drug-likeness (QED) is 0.639. The van der Waals surface area contributed by atoms with Crippen molar-refractivity contribution >= 4 is 6.03 Å². The van der Waals surface area contributed by atoms with Crippen LogP contribution >= 0.6 is 0 Å². The van der Waals surface area contributed by atoms with Crippen molar-refractivity contribution < 1.29 is 9.90 Å². The van der Waals surface area contributed by atoms with Gasteiger partial charge >= 0.3 is 6.03 Å². The number of amides is 2. The summed E-state index contributed by atoms with van der Waals surface area (Å²) in [4.78, 5) is 11.2. The van der Waals surface area contributed by atoms with Gasteiger partial charge in [-0.15, -0.1) is 0 Å². The number of nitrogens with one attached hydrogen (secondary N) is 2. The molecular formula is C10H22N2O2. The molecule has 0 aliphatic carbocycles. The topological polar surface area (TPSA) is 61.4 Å². The van der Waals surface area contributed by atoms with Crippen molar-refractivity contribution in [3.8, 4) is 0 Å². The van der Waals surface area contributed by atoms with Crippen LogP contribution in [0.5, 0.6) is 0 Å². The zero-order valence-electron chi connectivity index (χ0n) is 9.55. The Morgan fingerprint density at radius 1 is 1.43 bits per heavy atom. The standard InChI is InChI=1S/C10H22N2O2/c1-5-11-9(14)12-8(7-13)6-10(2,3)4/h8,13H,5-7H2,1-4H3,(H2,11,12,14). The van der Waals surface area contributed by atoms with Crippen molar-refractivity contribution in [1.29, 1.82) is 0 Å². The maximum Gasteiger partial charge on any atom is 0.315 e. The molecular weight excluding hydrogens is 180 g/mol. The van der Waals surface area contributed by atoms with Gasteiger partial charge in [0.25, 0.3) is 0 Å². The highest BCUT2D eigenvalue weighted by atomic mass is 16.3. The molecule has 0 heterocycles. The molecule has 0 aliphatic heterocycles. The summed E-state index contributed by atoms with van der Waals surface area (Å²) in [6.45, 7) is 8.67. The van der Waals surface area contributed by atoms with Crippen LogP contribution in [0.2, 0.25) is 0 Å². The number of hydrogen-bond donors (Lipinski definition) is 3. The third-order valence-electron chi connectivity index (χ3n) is 1.75. The maximum absolute atomic E-state index is 11.2. The molecule has 1 atom stereocenters. The first-order chi connectivity index (χ1) is 6.39. The van der Waals surface area contributed by atoms with Gasteiger partial charge in [0, 0.05) is 6.54 Å². The Morgan fingerprint density at radius 2 is 2.00 bits per heavy atom. The molecule has 0 spiro atoms. The summed E-state index contributed by atoms with van der Waals surface area (Å²) in [6.07, 6.45) is 0.765. The van der Waals surface area contributed by atoms with E-state index in [4.69, 9.17) is 5.11 Å². The molecule has 84 valence electrons. The van der Waals surface area contributed by atoms with E-state index in [2.05, 4.69) is 31.4 Å². The van der Waals surface area contributed by atoms with Crippen molar-refractivity contribution in [1.82, 2.24) is 10.6 Å². The van der Waals surface area contributed by atoms with E-state index in [0.717, 1.165) is 6.42 Å². The van der Waals surface area contributed by atoms with Gasteiger partial charge in [0.05, 0.1) is 12.6 Å². The van der Waals surface area contributed by atoms with Crippen LogP contribution in [0.3, 0.4) is 0 Å². The van der Waals surface area contributed by atoms with Gasteiger partial charge in [-0.2, -0.15) is 0 Å². The number of aliphatic hydroxyl groups is 1. The number of carbonyl (C=O) groups excluding carboxylic acids is 1. The number of carbonyl (C=O) groups is 1. The molecule has 0 aromatic rings. The van der Waals surface area contributed by atoms with Crippen molar-refractivity contribution in [2.24, 2.45) is 5.41 Å². The van der Waals surface area contributed by atoms with Gasteiger partial charge in [0.1, 0.15) is 0 Å². The Hall–Kier alpha value is -0.770. The van der Waals surface area contributed by atoms with Crippen molar-refractivity contribution in [3.05, 3.63) is 0 Å². The van der Waals surface area contributed by atoms with Gasteiger partial charge in [-0.05, 0) is 18.8 Å². The third kappa shape index (κ3) is 6.71. The lowest BCUT2D eigenvalue weighted by molar-refractivity contribution is 0.191. The molecule has 3 N–H and O–H groups in total. The van der Waals surface area contributed by atoms with Crippen molar-refractivity contribution in [2.75, 3.05) is 13.2 Å². The lowest BCUT2D eigenvalue weighted by Crippen LogP contribution is -2.45. The second-order valence-electron chi connectivity index (χ2n) is 4.65. The molecule has 0 saturated heterocycles. The minimum absolute atomic E-state index is 0.0194. The summed E-state index contributed by atoms with van der Waals surface area (Å²) in [6, 6.07) is -0.377. The Kier molecular flexibility index (Phi) is 5.53. The highest BCUT2D eigenvalue weighted by Gasteiger charge is 2.19. The lowest BCUT2D eigenvalue weighted by Gasteiger charge is -2.25. The average molecular weight is 202 g/mol. The van der Waals surface area contributed by atoms with Gasteiger partial charge < -0.3 is 15.7 Å². The highest BCUT2D eigenvalue weighted by Crippen LogP contribution is 2.20. The zero-order valence-corrected chi connectivity index (χ0v) is 9.55. The molecule has 0 fully saturated rings. The summed E-state index contributed by atoms with van der Waals surface area (Å²) in [5.74, 6) is 0. The van der Waals surface area contributed by atoms with E-state index in [0.29, 0.717) is 6.54 Å². The van der Waals surface area contributed by atoms with Crippen LogP contribution in [-0.2, 0) is 0 Å². The minimum atomic E-state index is -0.212. The fourth-order valence-electron chi connectivity index (χ4n) is 1.30. The molecule has 2 amide bonds. The monoisotopic (exact) mass is 202 g/mol. The average Bonchev–Trinajstić information content (AvgIpc) is 2.01. The van der Waals surface area contributed by atoms with Crippen molar-refractivity contribution in [3.63, 3.8) is 0 Å². The molecule has 0 rings (SSSR count). The fraction of sp³-hybridized carbons (Fsp3) is 0.900. The number of rotatable bonds is 4. The third-order valence-corrected chi connectivity index (χ3v) is 1.75. The Bertz CT molecular complexity index is 175. The predicted molar refractivity (Wildman–Crippen MR) is 57.2 cm³/mol. The van der Waals surface area contributed by atoms with Crippen molar-refractivity contribution in [2.45, 2.75) is 40.2 Å². The van der Waals surface area contributed by atoms with E-state index in [1.54, 1.807) is 0 Å². The summed E-state index contributed by atoms with van der Waals surface area (Å²) in [5, 5.41) is 14.4. The highest BCUT2D eigenvalue weighted by molar-refractivity contribution is 5.74. The van der Waals surface area contributed by atoms with E-state index in [1.807, 2.05) is 6.92 Å².